The van der Waals surface area contributed by atoms with Crippen LogP contribution in [0.3, 0.4) is 0 Å². The minimum absolute atomic E-state index is 0.304. The first-order chi connectivity index (χ1) is 8.84. The molecule has 19 heavy (non-hydrogen) atoms. The highest BCUT2D eigenvalue weighted by atomic mass is 14.6. The molecule has 0 aromatic carbocycles. The van der Waals surface area contributed by atoms with Crippen molar-refractivity contribution in [2.75, 3.05) is 0 Å². The van der Waals surface area contributed by atoms with Crippen LogP contribution >= 0.6 is 0 Å². The third-order valence-electron chi connectivity index (χ3n) is 4.72. The lowest BCUT2D eigenvalue weighted by Crippen LogP contribution is -2.26. The standard InChI is InChI=1S/C17H32N2/c1-11(2)14-7-6-8-16(17(19)12(3)4)15(10-9-14)13(5)18/h11-12,14,16,19H,6-10,18H2,1-5H3/b15-13-,19-17?. The van der Waals surface area contributed by atoms with E-state index in [0.29, 0.717) is 11.8 Å². The van der Waals surface area contributed by atoms with Crippen molar-refractivity contribution in [1.29, 1.82) is 5.41 Å². The van der Waals surface area contributed by atoms with Gasteiger partial charge in [0.2, 0.25) is 0 Å². The molecule has 1 fully saturated rings. The van der Waals surface area contributed by atoms with E-state index in [0.717, 1.165) is 36.1 Å². The Kier molecular flexibility index (Phi) is 6.09. The summed E-state index contributed by atoms with van der Waals surface area (Å²) >= 11 is 0. The van der Waals surface area contributed by atoms with E-state index in [1.165, 1.54) is 24.8 Å². The highest BCUT2D eigenvalue weighted by Gasteiger charge is 2.26. The zero-order valence-corrected chi connectivity index (χ0v) is 13.4. The number of rotatable bonds is 3. The van der Waals surface area contributed by atoms with Gasteiger partial charge in [-0.1, -0.05) is 40.5 Å². The summed E-state index contributed by atoms with van der Waals surface area (Å²) in [5.74, 6) is 2.22. The Morgan fingerprint density at radius 1 is 1.16 bits per heavy atom. The molecule has 0 bridgehead atoms. The van der Waals surface area contributed by atoms with Crippen LogP contribution in [-0.4, -0.2) is 5.71 Å². The van der Waals surface area contributed by atoms with Crippen LogP contribution in [0.1, 0.15) is 66.7 Å². The smallest absolute Gasteiger partial charge is 0.0198 e. The minimum atomic E-state index is 0.304. The quantitative estimate of drug-likeness (QED) is 0.710. The summed E-state index contributed by atoms with van der Waals surface area (Å²) < 4.78 is 0. The van der Waals surface area contributed by atoms with Gasteiger partial charge in [0, 0.05) is 17.3 Å². The molecule has 0 spiro atoms. The molecule has 3 N–H and O–H groups in total. The molecule has 2 nitrogen and oxygen atoms in total. The molecule has 110 valence electrons. The molecule has 2 unspecified atom stereocenters. The molecule has 0 radical (unpaired) electrons. The monoisotopic (exact) mass is 264 g/mol. The highest BCUT2D eigenvalue weighted by molar-refractivity contribution is 5.88. The maximum Gasteiger partial charge on any atom is 0.0198 e. The molecule has 0 aromatic rings. The molecule has 1 aliphatic rings. The van der Waals surface area contributed by atoms with Crippen LogP contribution in [-0.2, 0) is 0 Å². The van der Waals surface area contributed by atoms with Gasteiger partial charge < -0.3 is 11.1 Å². The van der Waals surface area contributed by atoms with Crippen molar-refractivity contribution in [2.24, 2.45) is 29.4 Å². The fourth-order valence-corrected chi connectivity index (χ4v) is 3.30. The van der Waals surface area contributed by atoms with E-state index in [9.17, 15) is 0 Å². The molecule has 1 rings (SSSR count). The highest BCUT2D eigenvalue weighted by Crippen LogP contribution is 2.35. The number of nitrogens with one attached hydrogen (secondary N) is 1. The zero-order chi connectivity index (χ0) is 14.6. The van der Waals surface area contributed by atoms with Crippen molar-refractivity contribution in [1.82, 2.24) is 0 Å². The number of nitrogens with two attached hydrogens (primary N) is 1. The number of hydrogen-bond acceptors (Lipinski definition) is 2. The summed E-state index contributed by atoms with van der Waals surface area (Å²) in [5.41, 5.74) is 9.31. The van der Waals surface area contributed by atoms with Gasteiger partial charge in [0.25, 0.3) is 0 Å². The van der Waals surface area contributed by atoms with Gasteiger partial charge in [-0.05, 0) is 49.5 Å². The Morgan fingerprint density at radius 3 is 2.26 bits per heavy atom. The van der Waals surface area contributed by atoms with Gasteiger partial charge >= 0.3 is 0 Å². The fourth-order valence-electron chi connectivity index (χ4n) is 3.30. The minimum Gasteiger partial charge on any atom is -0.402 e. The lowest BCUT2D eigenvalue weighted by Gasteiger charge is -2.31. The van der Waals surface area contributed by atoms with E-state index in [1.807, 2.05) is 6.92 Å². The summed E-state index contributed by atoms with van der Waals surface area (Å²) in [4.78, 5) is 0. The van der Waals surface area contributed by atoms with Gasteiger partial charge in [-0.15, -0.1) is 0 Å². The molecule has 1 saturated carbocycles. The Balaban J connectivity index is 2.89. The average molecular weight is 264 g/mol. The normalized spacial score (nSPS) is 28.2. The number of hydrogen-bond donors (Lipinski definition) is 2. The third-order valence-corrected chi connectivity index (χ3v) is 4.72. The van der Waals surface area contributed by atoms with Crippen LogP contribution in [0.5, 0.6) is 0 Å². The second-order valence-corrected chi connectivity index (χ2v) is 6.84. The molecule has 1 aliphatic carbocycles. The fraction of sp³-hybridized carbons (Fsp3) is 0.824. The van der Waals surface area contributed by atoms with Gasteiger partial charge in [0.15, 0.2) is 0 Å². The molecule has 0 aromatic heterocycles. The van der Waals surface area contributed by atoms with Crippen molar-refractivity contribution in [3.05, 3.63) is 11.3 Å². The topological polar surface area (TPSA) is 49.9 Å². The van der Waals surface area contributed by atoms with Crippen molar-refractivity contribution < 1.29 is 0 Å². The Hall–Kier alpha value is -0.790. The van der Waals surface area contributed by atoms with Crippen LogP contribution in [0.4, 0.5) is 0 Å². The van der Waals surface area contributed by atoms with Crippen LogP contribution in [0.15, 0.2) is 11.3 Å². The molecule has 0 aliphatic heterocycles. The third kappa shape index (κ3) is 4.36. The summed E-state index contributed by atoms with van der Waals surface area (Å²) in [5, 5.41) is 8.38. The van der Waals surface area contributed by atoms with E-state index < -0.39 is 0 Å². The largest absolute Gasteiger partial charge is 0.402 e. The molecular weight excluding hydrogens is 232 g/mol. The maximum atomic E-state index is 8.38. The lowest BCUT2D eigenvalue weighted by atomic mass is 9.75. The SMILES string of the molecule is C/C(N)=C1\CCC(C(C)C)CCCC1C(=N)C(C)C. The Bertz CT molecular complexity index is 335. The predicted molar refractivity (Wildman–Crippen MR) is 84.4 cm³/mol. The molecule has 2 heteroatoms. The first-order valence-corrected chi connectivity index (χ1v) is 7.88. The average Bonchev–Trinajstić information content (AvgIpc) is 2.26. The Labute approximate surface area is 119 Å². The van der Waals surface area contributed by atoms with Gasteiger partial charge in [-0.3, -0.25) is 0 Å². The van der Waals surface area contributed by atoms with E-state index in [2.05, 4.69) is 27.7 Å². The first-order valence-electron chi connectivity index (χ1n) is 7.88. The Morgan fingerprint density at radius 2 is 1.79 bits per heavy atom. The molecule has 2 atom stereocenters. The van der Waals surface area contributed by atoms with Crippen molar-refractivity contribution in [2.45, 2.75) is 66.7 Å². The van der Waals surface area contributed by atoms with Crippen LogP contribution in [0.25, 0.3) is 0 Å². The van der Waals surface area contributed by atoms with Gasteiger partial charge in [0.1, 0.15) is 0 Å². The van der Waals surface area contributed by atoms with Crippen molar-refractivity contribution >= 4 is 5.71 Å². The van der Waals surface area contributed by atoms with E-state index in [4.69, 9.17) is 11.1 Å². The second kappa shape index (κ2) is 7.12. The molecule has 0 amide bonds. The summed E-state index contributed by atoms with van der Waals surface area (Å²) in [7, 11) is 0. The summed E-state index contributed by atoms with van der Waals surface area (Å²) in [6, 6.07) is 0. The van der Waals surface area contributed by atoms with Crippen molar-refractivity contribution in [3.63, 3.8) is 0 Å². The van der Waals surface area contributed by atoms with E-state index in [1.54, 1.807) is 0 Å². The van der Waals surface area contributed by atoms with E-state index >= 15 is 0 Å². The maximum absolute atomic E-state index is 8.38. The van der Waals surface area contributed by atoms with Gasteiger partial charge in [0.05, 0.1) is 0 Å². The summed E-state index contributed by atoms with van der Waals surface area (Å²) in [6.07, 6.45) is 5.99. The first kappa shape index (κ1) is 16.3. The lowest BCUT2D eigenvalue weighted by molar-refractivity contribution is 0.306. The van der Waals surface area contributed by atoms with Crippen LogP contribution < -0.4 is 5.73 Å². The predicted octanol–water partition coefficient (Wildman–Crippen LogP) is 4.75. The van der Waals surface area contributed by atoms with Crippen LogP contribution in [0.2, 0.25) is 0 Å². The van der Waals surface area contributed by atoms with Gasteiger partial charge in [-0.2, -0.15) is 0 Å². The zero-order valence-electron chi connectivity index (χ0n) is 13.4. The molecule has 0 saturated heterocycles. The molecule has 0 heterocycles. The van der Waals surface area contributed by atoms with Crippen molar-refractivity contribution in [3.8, 4) is 0 Å². The van der Waals surface area contributed by atoms with E-state index in [-0.39, 0.29) is 0 Å². The van der Waals surface area contributed by atoms with Crippen LogP contribution in [0, 0.1) is 29.1 Å². The molecular formula is C17H32N2. The second-order valence-electron chi connectivity index (χ2n) is 6.84. The summed E-state index contributed by atoms with van der Waals surface area (Å²) in [6.45, 7) is 10.9. The number of allylic oxidation sites excluding steroid dienone is 2. The van der Waals surface area contributed by atoms with Gasteiger partial charge in [-0.25, -0.2) is 0 Å².